The van der Waals surface area contributed by atoms with Crippen molar-refractivity contribution in [2.45, 2.75) is 25.8 Å². The predicted molar refractivity (Wildman–Crippen MR) is 68.6 cm³/mol. The van der Waals surface area contributed by atoms with Crippen molar-refractivity contribution in [3.63, 3.8) is 0 Å². The predicted octanol–water partition coefficient (Wildman–Crippen LogP) is 2.46. The minimum Gasteiger partial charge on any atom is -0.505 e. The molecule has 0 spiro atoms. The Morgan fingerprint density at radius 3 is 2.55 bits per heavy atom. The van der Waals surface area contributed by atoms with E-state index in [9.17, 15) is 23.1 Å². The van der Waals surface area contributed by atoms with Crippen molar-refractivity contribution in [2.24, 2.45) is 5.73 Å². The van der Waals surface area contributed by atoms with Crippen LogP contribution >= 0.6 is 12.4 Å². The highest BCUT2D eigenvalue weighted by atomic mass is 35.5. The van der Waals surface area contributed by atoms with Crippen LogP contribution in [0.2, 0.25) is 0 Å². The Hall–Kier alpha value is -1.47. The molecule has 0 unspecified atom stereocenters. The van der Waals surface area contributed by atoms with Gasteiger partial charge in [-0.15, -0.1) is 12.4 Å². The number of nitrogens with two attached hydrogens (primary N) is 1. The second kappa shape index (κ2) is 6.81. The summed E-state index contributed by atoms with van der Waals surface area (Å²) in [4.78, 5) is 11.1. The smallest absolute Gasteiger partial charge is 0.379 e. The molecule has 0 aromatic heterocycles. The molecule has 0 amide bonds. The van der Waals surface area contributed by atoms with Crippen LogP contribution in [-0.4, -0.2) is 23.6 Å². The lowest BCUT2D eigenvalue weighted by atomic mass is 9.98. The average Bonchev–Trinajstić information content (AvgIpc) is 2.35. The molecule has 8 heteroatoms. The van der Waals surface area contributed by atoms with E-state index < -0.39 is 35.1 Å². The molecule has 0 heterocycles. The zero-order valence-electron chi connectivity index (χ0n) is 10.8. The molecule has 1 aromatic rings. The number of aryl methyl sites for hydroxylation is 1. The van der Waals surface area contributed by atoms with Crippen molar-refractivity contribution < 1.29 is 27.8 Å². The Morgan fingerprint density at radius 2 is 2.05 bits per heavy atom. The third kappa shape index (κ3) is 3.34. The van der Waals surface area contributed by atoms with E-state index in [1.807, 2.05) is 0 Å². The molecule has 0 fully saturated rings. The number of carbonyl (C=O) groups is 1. The summed E-state index contributed by atoms with van der Waals surface area (Å²) in [5.41, 5.74) is 4.77. The van der Waals surface area contributed by atoms with Crippen molar-refractivity contribution in [1.82, 2.24) is 0 Å². The summed E-state index contributed by atoms with van der Waals surface area (Å²) >= 11 is 0. The van der Waals surface area contributed by atoms with Gasteiger partial charge in [0.05, 0.1) is 6.61 Å². The minimum absolute atomic E-state index is 0. The van der Waals surface area contributed by atoms with E-state index in [0.29, 0.717) is 0 Å². The number of halogens is 4. The summed E-state index contributed by atoms with van der Waals surface area (Å²) in [6, 6.07) is 0.0402. The second-order valence-electron chi connectivity index (χ2n) is 3.96. The number of phenolic OH excluding ortho intramolecular Hbond substituents is 1. The van der Waals surface area contributed by atoms with Gasteiger partial charge in [0.25, 0.3) is 0 Å². The van der Waals surface area contributed by atoms with Gasteiger partial charge in [0.1, 0.15) is 6.04 Å². The number of rotatable bonds is 4. The number of hydrogen-bond donors (Lipinski definition) is 2. The van der Waals surface area contributed by atoms with Gasteiger partial charge in [-0.25, -0.2) is 9.18 Å². The average molecular weight is 314 g/mol. The fourth-order valence-corrected chi connectivity index (χ4v) is 1.48. The van der Waals surface area contributed by atoms with Crippen LogP contribution in [0.25, 0.3) is 0 Å². The molecule has 0 saturated carbocycles. The van der Waals surface area contributed by atoms with Gasteiger partial charge >= 0.3 is 11.9 Å². The molecule has 0 radical (unpaired) electrons. The SMILES string of the molecule is CCOC(=O)C(F)(F)[C@@H](N)c1ccc(C)c(F)c1O.Cl. The number of aromatic hydroxyl groups is 1. The lowest BCUT2D eigenvalue weighted by molar-refractivity contribution is -0.174. The minimum atomic E-state index is -4.06. The quantitative estimate of drug-likeness (QED) is 0.838. The van der Waals surface area contributed by atoms with E-state index in [4.69, 9.17) is 5.73 Å². The maximum atomic E-state index is 13.7. The molecule has 0 aliphatic carbocycles. The number of alkyl halides is 2. The van der Waals surface area contributed by atoms with E-state index in [1.165, 1.54) is 19.9 Å². The van der Waals surface area contributed by atoms with Gasteiger partial charge in [-0.2, -0.15) is 8.78 Å². The van der Waals surface area contributed by atoms with E-state index in [-0.39, 0.29) is 24.6 Å². The van der Waals surface area contributed by atoms with Crippen molar-refractivity contribution in [2.75, 3.05) is 6.61 Å². The topological polar surface area (TPSA) is 72.5 Å². The van der Waals surface area contributed by atoms with Gasteiger partial charge in [-0.3, -0.25) is 0 Å². The Balaban J connectivity index is 0.00000361. The van der Waals surface area contributed by atoms with Crippen molar-refractivity contribution >= 4 is 18.4 Å². The Morgan fingerprint density at radius 1 is 1.50 bits per heavy atom. The maximum Gasteiger partial charge on any atom is 0.379 e. The first-order chi connectivity index (χ1) is 8.73. The molecule has 114 valence electrons. The van der Waals surface area contributed by atoms with Crippen LogP contribution in [0.3, 0.4) is 0 Å². The normalized spacial score (nSPS) is 12.5. The first-order valence-electron chi connectivity index (χ1n) is 5.52. The van der Waals surface area contributed by atoms with E-state index in [2.05, 4.69) is 4.74 Å². The summed E-state index contributed by atoms with van der Waals surface area (Å²) < 4.78 is 44.9. The fraction of sp³-hybridized carbons (Fsp3) is 0.417. The molecule has 3 N–H and O–H groups in total. The lowest BCUT2D eigenvalue weighted by Gasteiger charge is -2.22. The van der Waals surface area contributed by atoms with Crippen molar-refractivity contribution in [3.8, 4) is 5.75 Å². The van der Waals surface area contributed by atoms with E-state index >= 15 is 0 Å². The van der Waals surface area contributed by atoms with Crippen LogP contribution in [0, 0.1) is 12.7 Å². The fourth-order valence-electron chi connectivity index (χ4n) is 1.48. The third-order valence-corrected chi connectivity index (χ3v) is 2.61. The second-order valence-corrected chi connectivity index (χ2v) is 3.96. The number of hydrogen-bond acceptors (Lipinski definition) is 4. The number of benzene rings is 1. The number of esters is 1. The Labute approximate surface area is 120 Å². The largest absolute Gasteiger partial charge is 0.505 e. The highest BCUT2D eigenvalue weighted by Gasteiger charge is 2.48. The Kier molecular flexibility index (Phi) is 6.31. The van der Waals surface area contributed by atoms with Crippen LogP contribution in [0.4, 0.5) is 13.2 Å². The van der Waals surface area contributed by atoms with Crippen LogP contribution in [-0.2, 0) is 9.53 Å². The standard InChI is InChI=1S/C12H14F3NO3.ClH/c1-3-19-11(18)12(14,15)10(16)7-5-4-6(2)8(13)9(7)17;/h4-5,10,17H,3,16H2,1-2H3;1H/t10-;/m0./s1. The van der Waals surface area contributed by atoms with Crippen LogP contribution in [0.1, 0.15) is 24.1 Å². The van der Waals surface area contributed by atoms with E-state index in [0.717, 1.165) is 6.07 Å². The third-order valence-electron chi connectivity index (χ3n) is 2.61. The summed E-state index contributed by atoms with van der Waals surface area (Å²) in [5, 5.41) is 9.48. The van der Waals surface area contributed by atoms with Crippen molar-refractivity contribution in [3.05, 3.63) is 29.1 Å². The highest BCUT2D eigenvalue weighted by molar-refractivity contribution is 5.85. The monoisotopic (exact) mass is 313 g/mol. The molecule has 20 heavy (non-hydrogen) atoms. The molecular weight excluding hydrogens is 299 g/mol. The van der Waals surface area contributed by atoms with E-state index in [1.54, 1.807) is 0 Å². The Bertz CT molecular complexity index is 497. The lowest BCUT2D eigenvalue weighted by Crippen LogP contribution is -2.41. The maximum absolute atomic E-state index is 13.7. The van der Waals surface area contributed by atoms with Gasteiger partial charge < -0.3 is 15.6 Å². The van der Waals surface area contributed by atoms with Crippen LogP contribution < -0.4 is 5.73 Å². The van der Waals surface area contributed by atoms with Gasteiger partial charge in [0.2, 0.25) is 0 Å². The zero-order chi connectivity index (χ0) is 14.8. The number of ether oxygens (including phenoxy) is 1. The molecule has 1 rings (SSSR count). The van der Waals surface area contributed by atoms with Crippen LogP contribution in [0.5, 0.6) is 5.75 Å². The highest BCUT2D eigenvalue weighted by Crippen LogP contribution is 2.36. The van der Waals surface area contributed by atoms with Gasteiger partial charge in [0, 0.05) is 5.56 Å². The first-order valence-corrected chi connectivity index (χ1v) is 5.52. The number of phenols is 1. The summed E-state index contributed by atoms with van der Waals surface area (Å²) in [6.07, 6.45) is 0. The van der Waals surface area contributed by atoms with Gasteiger partial charge in [0.15, 0.2) is 11.6 Å². The zero-order valence-corrected chi connectivity index (χ0v) is 11.6. The molecule has 0 saturated heterocycles. The first kappa shape index (κ1) is 18.5. The molecule has 4 nitrogen and oxygen atoms in total. The molecule has 0 bridgehead atoms. The van der Waals surface area contributed by atoms with Gasteiger partial charge in [-0.05, 0) is 19.4 Å². The summed E-state index contributed by atoms with van der Waals surface area (Å²) in [5.74, 6) is -7.91. The van der Waals surface area contributed by atoms with Crippen LogP contribution in [0.15, 0.2) is 12.1 Å². The summed E-state index contributed by atoms with van der Waals surface area (Å²) in [6.45, 7) is 2.48. The summed E-state index contributed by atoms with van der Waals surface area (Å²) in [7, 11) is 0. The molecule has 0 aliphatic heterocycles. The number of carbonyl (C=O) groups excluding carboxylic acids is 1. The molecule has 1 atom stereocenters. The molecular formula is C12H15ClF3NO3. The molecule has 1 aromatic carbocycles. The molecule has 0 aliphatic rings. The van der Waals surface area contributed by atoms with Crippen molar-refractivity contribution in [1.29, 1.82) is 0 Å². The van der Waals surface area contributed by atoms with Gasteiger partial charge in [-0.1, -0.05) is 12.1 Å².